The second kappa shape index (κ2) is 6.96. The molecule has 2 aliphatic carbocycles. The molecule has 3 N–H and O–H groups in total. The summed E-state index contributed by atoms with van der Waals surface area (Å²) in [6.07, 6.45) is 6.55. The van der Waals surface area contributed by atoms with Crippen molar-refractivity contribution >= 4 is 11.8 Å². The van der Waals surface area contributed by atoms with Crippen LogP contribution in [0.2, 0.25) is 0 Å². The Morgan fingerprint density at radius 1 is 1.05 bits per heavy atom. The monoisotopic (exact) mass is 310 g/mol. The fourth-order valence-electron chi connectivity index (χ4n) is 3.14. The van der Waals surface area contributed by atoms with Gasteiger partial charge in [0.2, 0.25) is 11.8 Å². The lowest BCUT2D eigenvalue weighted by atomic mass is 9.92. The summed E-state index contributed by atoms with van der Waals surface area (Å²) in [5, 5.41) is 15.5. The molecule has 0 radical (unpaired) electrons. The van der Waals surface area contributed by atoms with Gasteiger partial charge in [0.15, 0.2) is 0 Å². The van der Waals surface area contributed by atoms with E-state index in [1.165, 1.54) is 6.42 Å². The molecule has 0 aromatic carbocycles. The van der Waals surface area contributed by atoms with Crippen molar-refractivity contribution in [2.45, 2.75) is 75.7 Å². The minimum atomic E-state index is -0.405. The summed E-state index contributed by atoms with van der Waals surface area (Å²) < 4.78 is 5.83. The number of carbonyl (C=O) groups is 2. The number of aliphatic hydroxyl groups excluding tert-OH is 1. The van der Waals surface area contributed by atoms with Gasteiger partial charge in [-0.25, -0.2) is 0 Å². The van der Waals surface area contributed by atoms with Crippen LogP contribution in [-0.4, -0.2) is 47.8 Å². The highest BCUT2D eigenvalue weighted by Crippen LogP contribution is 2.30. The molecule has 2 amide bonds. The largest absolute Gasteiger partial charge is 0.394 e. The van der Waals surface area contributed by atoms with Crippen molar-refractivity contribution < 1.29 is 19.4 Å². The van der Waals surface area contributed by atoms with Crippen LogP contribution in [0.4, 0.5) is 0 Å². The molecule has 0 aromatic heterocycles. The zero-order chi connectivity index (χ0) is 15.5. The smallest absolute Gasteiger partial charge is 0.223 e. The Kier molecular flexibility index (Phi) is 4.98. The SMILES string of the molecule is O=C(C[C@@H]1CC[C@@H](NC(=O)C2CC2)[C@@H](CO)O1)NC1CCC1. The van der Waals surface area contributed by atoms with E-state index in [1.807, 2.05) is 0 Å². The van der Waals surface area contributed by atoms with Crippen LogP contribution in [0.15, 0.2) is 0 Å². The van der Waals surface area contributed by atoms with Crippen LogP contribution in [0.3, 0.4) is 0 Å². The molecule has 1 heterocycles. The van der Waals surface area contributed by atoms with Gasteiger partial charge < -0.3 is 20.5 Å². The van der Waals surface area contributed by atoms with Gasteiger partial charge in [-0.1, -0.05) is 0 Å². The number of aliphatic hydroxyl groups is 1. The van der Waals surface area contributed by atoms with Crippen LogP contribution < -0.4 is 10.6 Å². The summed E-state index contributed by atoms with van der Waals surface area (Å²) in [7, 11) is 0. The maximum absolute atomic E-state index is 11.9. The van der Waals surface area contributed by atoms with Gasteiger partial charge in [0.1, 0.15) is 6.10 Å². The summed E-state index contributed by atoms with van der Waals surface area (Å²) >= 11 is 0. The molecule has 0 aromatic rings. The van der Waals surface area contributed by atoms with E-state index in [4.69, 9.17) is 4.74 Å². The van der Waals surface area contributed by atoms with Gasteiger partial charge in [0.05, 0.1) is 25.2 Å². The van der Waals surface area contributed by atoms with E-state index in [-0.39, 0.29) is 36.5 Å². The van der Waals surface area contributed by atoms with Crippen molar-refractivity contribution in [3.63, 3.8) is 0 Å². The number of hydrogen-bond donors (Lipinski definition) is 3. The maximum Gasteiger partial charge on any atom is 0.223 e. The lowest BCUT2D eigenvalue weighted by Crippen LogP contribution is -2.52. The Balaban J connectivity index is 1.43. The summed E-state index contributed by atoms with van der Waals surface area (Å²) in [6.45, 7) is -0.129. The van der Waals surface area contributed by atoms with E-state index < -0.39 is 6.10 Å². The topological polar surface area (TPSA) is 87.7 Å². The molecular weight excluding hydrogens is 284 g/mol. The van der Waals surface area contributed by atoms with Crippen molar-refractivity contribution in [2.24, 2.45) is 5.92 Å². The van der Waals surface area contributed by atoms with Crippen molar-refractivity contribution in [2.75, 3.05) is 6.61 Å². The Morgan fingerprint density at radius 3 is 2.41 bits per heavy atom. The van der Waals surface area contributed by atoms with E-state index in [1.54, 1.807) is 0 Å². The first-order valence-corrected chi connectivity index (χ1v) is 8.51. The standard InChI is InChI=1S/C16H26N2O4/c19-9-14-13(18-16(21)10-4-5-10)7-6-12(22-14)8-15(20)17-11-2-1-3-11/h10-14,19H,1-9H2,(H,17,20)(H,18,21)/t12-,13+,14+/m0/s1. The summed E-state index contributed by atoms with van der Waals surface area (Å²) in [6, 6.07) is 0.208. The molecule has 0 bridgehead atoms. The third kappa shape index (κ3) is 3.98. The number of ether oxygens (including phenoxy) is 1. The van der Waals surface area contributed by atoms with Crippen molar-refractivity contribution in [1.82, 2.24) is 10.6 Å². The third-order valence-corrected chi connectivity index (χ3v) is 4.95. The Hall–Kier alpha value is -1.14. The van der Waals surface area contributed by atoms with Gasteiger partial charge in [-0.2, -0.15) is 0 Å². The van der Waals surface area contributed by atoms with Crippen LogP contribution in [0.5, 0.6) is 0 Å². The lowest BCUT2D eigenvalue weighted by Gasteiger charge is -2.36. The van der Waals surface area contributed by atoms with E-state index in [0.29, 0.717) is 12.5 Å². The Morgan fingerprint density at radius 2 is 1.82 bits per heavy atom. The number of nitrogens with one attached hydrogen (secondary N) is 2. The fraction of sp³-hybridized carbons (Fsp3) is 0.875. The van der Waals surface area contributed by atoms with Crippen LogP contribution in [0, 0.1) is 5.92 Å². The molecule has 0 unspecified atom stereocenters. The van der Waals surface area contributed by atoms with Crippen LogP contribution in [0.1, 0.15) is 51.4 Å². The van der Waals surface area contributed by atoms with Gasteiger partial charge in [-0.05, 0) is 44.9 Å². The highest BCUT2D eigenvalue weighted by atomic mass is 16.5. The zero-order valence-corrected chi connectivity index (χ0v) is 12.9. The second-order valence-corrected chi connectivity index (χ2v) is 6.85. The van der Waals surface area contributed by atoms with E-state index >= 15 is 0 Å². The molecule has 3 fully saturated rings. The molecule has 3 atom stereocenters. The van der Waals surface area contributed by atoms with Gasteiger partial charge in [0.25, 0.3) is 0 Å². The first-order valence-electron chi connectivity index (χ1n) is 8.51. The van der Waals surface area contributed by atoms with Crippen molar-refractivity contribution in [1.29, 1.82) is 0 Å². The number of hydrogen-bond acceptors (Lipinski definition) is 4. The molecule has 6 nitrogen and oxygen atoms in total. The first-order chi connectivity index (χ1) is 10.7. The van der Waals surface area contributed by atoms with Crippen LogP contribution in [0.25, 0.3) is 0 Å². The Labute approximate surface area is 131 Å². The fourth-order valence-corrected chi connectivity index (χ4v) is 3.14. The highest BCUT2D eigenvalue weighted by Gasteiger charge is 2.36. The average Bonchev–Trinajstić information content (AvgIpc) is 3.29. The quantitative estimate of drug-likeness (QED) is 0.666. The predicted molar refractivity (Wildman–Crippen MR) is 80.0 cm³/mol. The summed E-state index contributed by atoms with van der Waals surface area (Å²) in [5.41, 5.74) is 0. The van der Waals surface area contributed by atoms with Gasteiger partial charge in [0, 0.05) is 12.0 Å². The molecule has 6 heteroatoms. The maximum atomic E-state index is 11.9. The van der Waals surface area contributed by atoms with Crippen LogP contribution in [-0.2, 0) is 14.3 Å². The first kappa shape index (κ1) is 15.7. The second-order valence-electron chi connectivity index (χ2n) is 6.85. The molecule has 3 rings (SSSR count). The summed E-state index contributed by atoms with van der Waals surface area (Å²) in [4.78, 5) is 23.8. The summed E-state index contributed by atoms with van der Waals surface area (Å²) in [5.74, 6) is 0.269. The molecule has 22 heavy (non-hydrogen) atoms. The average molecular weight is 310 g/mol. The molecular formula is C16H26N2O4. The molecule has 0 spiro atoms. The van der Waals surface area contributed by atoms with Gasteiger partial charge in [-0.3, -0.25) is 9.59 Å². The predicted octanol–water partition coefficient (Wildman–Crippen LogP) is 0.480. The van der Waals surface area contributed by atoms with Gasteiger partial charge in [-0.15, -0.1) is 0 Å². The number of amides is 2. The lowest BCUT2D eigenvalue weighted by molar-refractivity contribution is -0.137. The molecule has 3 aliphatic rings. The molecule has 1 aliphatic heterocycles. The number of carbonyl (C=O) groups excluding carboxylic acids is 2. The normalized spacial score (nSPS) is 32.1. The van der Waals surface area contributed by atoms with E-state index in [9.17, 15) is 14.7 Å². The van der Waals surface area contributed by atoms with Crippen LogP contribution >= 0.6 is 0 Å². The molecule has 124 valence electrons. The molecule has 1 saturated heterocycles. The number of rotatable bonds is 6. The minimum Gasteiger partial charge on any atom is -0.394 e. The third-order valence-electron chi connectivity index (χ3n) is 4.95. The molecule has 2 saturated carbocycles. The van der Waals surface area contributed by atoms with E-state index in [2.05, 4.69) is 10.6 Å². The Bertz CT molecular complexity index is 420. The van der Waals surface area contributed by atoms with E-state index in [0.717, 1.165) is 38.5 Å². The zero-order valence-electron chi connectivity index (χ0n) is 12.9. The van der Waals surface area contributed by atoms with Gasteiger partial charge >= 0.3 is 0 Å². The van der Waals surface area contributed by atoms with Crippen molar-refractivity contribution in [3.8, 4) is 0 Å². The van der Waals surface area contributed by atoms with Crippen molar-refractivity contribution in [3.05, 3.63) is 0 Å². The highest BCUT2D eigenvalue weighted by molar-refractivity contribution is 5.81. The minimum absolute atomic E-state index is 0.0341.